The summed E-state index contributed by atoms with van der Waals surface area (Å²) in [5.74, 6) is 0.0639. The molecule has 1 aromatic carbocycles. The monoisotopic (exact) mass is 492 g/mol. The number of amides is 3. The maximum atomic E-state index is 13.0. The molecule has 1 aliphatic rings. The maximum Gasteiger partial charge on any atom is 0.276 e. The Morgan fingerprint density at radius 3 is 2.56 bits per heavy atom. The van der Waals surface area contributed by atoms with Crippen molar-refractivity contribution in [2.75, 3.05) is 57.1 Å². The van der Waals surface area contributed by atoms with Crippen LogP contribution in [0.25, 0.3) is 0 Å². The van der Waals surface area contributed by atoms with E-state index in [1.165, 1.54) is 18.4 Å². The summed E-state index contributed by atoms with van der Waals surface area (Å²) in [7, 11) is 3.08. The third-order valence-electron chi connectivity index (χ3n) is 5.99. The van der Waals surface area contributed by atoms with E-state index in [9.17, 15) is 14.4 Å². The Hall–Kier alpha value is -4.41. The standard InChI is InChI=1S/C25H28N6O5/c1-17-23(27-16-36-17)25(34)29(2)15-22(32)31-12-10-30(11-13-31)20-7-5-4-6-19(20)24(33)28-18-8-9-26-21(14-18)35-3/h4-9,14,16H,10-13,15H2,1-3H3,(H,26,28,33). The summed E-state index contributed by atoms with van der Waals surface area (Å²) in [6.45, 7) is 3.65. The highest BCUT2D eigenvalue weighted by Crippen LogP contribution is 2.24. The van der Waals surface area contributed by atoms with Gasteiger partial charge in [0.1, 0.15) is 5.76 Å². The molecule has 4 rings (SSSR count). The van der Waals surface area contributed by atoms with Crippen LogP contribution in [0.5, 0.6) is 5.88 Å². The topological polar surface area (TPSA) is 121 Å². The predicted molar refractivity (Wildman–Crippen MR) is 132 cm³/mol. The maximum absolute atomic E-state index is 13.0. The first kappa shape index (κ1) is 24.7. The van der Waals surface area contributed by atoms with Gasteiger partial charge in [0, 0.05) is 56.9 Å². The fourth-order valence-electron chi connectivity index (χ4n) is 4.00. The van der Waals surface area contributed by atoms with Crippen LogP contribution >= 0.6 is 0 Å². The fourth-order valence-corrected chi connectivity index (χ4v) is 4.00. The van der Waals surface area contributed by atoms with Crippen LogP contribution in [0.3, 0.4) is 0 Å². The summed E-state index contributed by atoms with van der Waals surface area (Å²) < 4.78 is 10.2. The van der Waals surface area contributed by atoms with E-state index in [1.807, 2.05) is 18.2 Å². The number of methoxy groups -OCH3 is 1. The minimum absolute atomic E-state index is 0.0560. The molecule has 0 radical (unpaired) electrons. The van der Waals surface area contributed by atoms with E-state index in [0.29, 0.717) is 49.1 Å². The molecule has 0 aliphatic carbocycles. The van der Waals surface area contributed by atoms with Crippen molar-refractivity contribution in [3.05, 3.63) is 66.0 Å². The molecule has 36 heavy (non-hydrogen) atoms. The third-order valence-corrected chi connectivity index (χ3v) is 5.99. The number of rotatable bonds is 7. The normalized spacial score (nSPS) is 13.3. The molecule has 3 aromatic rings. The Bertz CT molecular complexity index is 1250. The van der Waals surface area contributed by atoms with Gasteiger partial charge in [0.2, 0.25) is 11.8 Å². The van der Waals surface area contributed by atoms with Crippen molar-refractivity contribution in [1.82, 2.24) is 19.8 Å². The van der Waals surface area contributed by atoms with Gasteiger partial charge >= 0.3 is 0 Å². The van der Waals surface area contributed by atoms with E-state index < -0.39 is 0 Å². The fraction of sp³-hybridized carbons (Fsp3) is 0.320. The summed E-state index contributed by atoms with van der Waals surface area (Å²) in [5, 5.41) is 2.89. The van der Waals surface area contributed by atoms with Crippen LogP contribution in [-0.4, -0.2) is 84.4 Å². The lowest BCUT2D eigenvalue weighted by Crippen LogP contribution is -2.51. The highest BCUT2D eigenvalue weighted by Gasteiger charge is 2.26. The Morgan fingerprint density at radius 1 is 1.11 bits per heavy atom. The predicted octanol–water partition coefficient (Wildman–Crippen LogP) is 2.06. The first-order valence-electron chi connectivity index (χ1n) is 11.5. The molecule has 1 saturated heterocycles. The van der Waals surface area contributed by atoms with Gasteiger partial charge in [0.25, 0.3) is 11.8 Å². The van der Waals surface area contributed by atoms with E-state index in [1.54, 1.807) is 43.3 Å². The van der Waals surface area contributed by atoms with Crippen molar-refractivity contribution in [3.63, 3.8) is 0 Å². The third kappa shape index (κ3) is 5.45. The van der Waals surface area contributed by atoms with Crippen LogP contribution < -0.4 is 15.0 Å². The summed E-state index contributed by atoms with van der Waals surface area (Å²) in [4.78, 5) is 51.5. The molecule has 11 heteroatoms. The van der Waals surface area contributed by atoms with Gasteiger partial charge in [-0.15, -0.1) is 0 Å². The number of likely N-dealkylation sites (N-methyl/N-ethyl adjacent to an activating group) is 1. The SMILES string of the molecule is COc1cc(NC(=O)c2ccccc2N2CCN(C(=O)CN(C)C(=O)c3ncoc3C)CC2)ccn1. The number of carbonyl (C=O) groups is 3. The molecular formula is C25H28N6O5. The molecule has 11 nitrogen and oxygen atoms in total. The number of nitrogens with zero attached hydrogens (tertiary/aromatic N) is 5. The smallest absolute Gasteiger partial charge is 0.276 e. The van der Waals surface area contributed by atoms with Crippen molar-refractivity contribution in [1.29, 1.82) is 0 Å². The van der Waals surface area contributed by atoms with Gasteiger partial charge in [-0.1, -0.05) is 12.1 Å². The molecule has 3 amide bonds. The molecule has 1 fully saturated rings. The molecule has 0 bridgehead atoms. The number of piperazine rings is 1. The first-order valence-corrected chi connectivity index (χ1v) is 11.5. The van der Waals surface area contributed by atoms with Gasteiger partial charge in [-0.2, -0.15) is 0 Å². The number of pyridine rings is 1. The highest BCUT2D eigenvalue weighted by atomic mass is 16.5. The number of anilines is 2. The van der Waals surface area contributed by atoms with Gasteiger partial charge in [-0.05, 0) is 25.1 Å². The molecule has 0 unspecified atom stereocenters. The van der Waals surface area contributed by atoms with E-state index in [4.69, 9.17) is 9.15 Å². The summed E-state index contributed by atoms with van der Waals surface area (Å²) in [6.07, 6.45) is 2.78. The number of nitrogens with one attached hydrogen (secondary N) is 1. The Morgan fingerprint density at radius 2 is 1.86 bits per heavy atom. The first-order chi connectivity index (χ1) is 17.4. The van der Waals surface area contributed by atoms with E-state index in [-0.39, 0.29) is 30.0 Å². The zero-order valence-electron chi connectivity index (χ0n) is 20.4. The molecule has 188 valence electrons. The highest BCUT2D eigenvalue weighted by molar-refractivity contribution is 6.08. The van der Waals surface area contributed by atoms with Gasteiger partial charge < -0.3 is 29.2 Å². The van der Waals surface area contributed by atoms with E-state index in [0.717, 1.165) is 5.69 Å². The van der Waals surface area contributed by atoms with Crippen molar-refractivity contribution in [2.45, 2.75) is 6.92 Å². The van der Waals surface area contributed by atoms with E-state index in [2.05, 4.69) is 20.2 Å². The van der Waals surface area contributed by atoms with Gasteiger partial charge in [-0.25, -0.2) is 9.97 Å². The molecule has 0 saturated carbocycles. The number of oxazole rings is 1. The number of carbonyl (C=O) groups excluding carboxylic acids is 3. The minimum atomic E-state index is -0.361. The van der Waals surface area contributed by atoms with Crippen molar-refractivity contribution in [3.8, 4) is 5.88 Å². The number of aromatic nitrogens is 2. The van der Waals surface area contributed by atoms with Crippen LogP contribution in [0.15, 0.2) is 53.4 Å². The summed E-state index contributed by atoms with van der Waals surface area (Å²) >= 11 is 0. The van der Waals surface area contributed by atoms with Crippen molar-refractivity contribution in [2.24, 2.45) is 0 Å². The molecule has 0 atom stereocenters. The molecule has 3 heterocycles. The van der Waals surface area contributed by atoms with Crippen LogP contribution in [0.1, 0.15) is 26.6 Å². The minimum Gasteiger partial charge on any atom is -0.481 e. The van der Waals surface area contributed by atoms with Crippen molar-refractivity contribution < 1.29 is 23.5 Å². The second kappa shape index (κ2) is 10.9. The van der Waals surface area contributed by atoms with Gasteiger partial charge in [0.15, 0.2) is 12.1 Å². The second-order valence-corrected chi connectivity index (χ2v) is 8.34. The molecule has 1 aliphatic heterocycles. The Labute approximate surface area is 208 Å². The Balaban J connectivity index is 1.36. The largest absolute Gasteiger partial charge is 0.481 e. The number of aryl methyl sites for hydroxylation is 1. The second-order valence-electron chi connectivity index (χ2n) is 8.34. The number of hydrogen-bond donors (Lipinski definition) is 1. The zero-order valence-corrected chi connectivity index (χ0v) is 20.4. The van der Waals surface area contributed by atoms with Gasteiger partial charge in [-0.3, -0.25) is 14.4 Å². The van der Waals surface area contributed by atoms with E-state index >= 15 is 0 Å². The Kier molecular flexibility index (Phi) is 7.47. The average molecular weight is 493 g/mol. The average Bonchev–Trinajstić information content (AvgIpc) is 3.34. The van der Waals surface area contributed by atoms with Crippen LogP contribution in [0.4, 0.5) is 11.4 Å². The summed E-state index contributed by atoms with van der Waals surface area (Å²) in [5.41, 5.74) is 2.10. The number of hydrogen-bond acceptors (Lipinski definition) is 8. The number of ether oxygens (including phenoxy) is 1. The summed E-state index contributed by atoms with van der Waals surface area (Å²) in [6, 6.07) is 10.7. The number of para-hydroxylation sites is 1. The lowest BCUT2D eigenvalue weighted by molar-refractivity contribution is -0.132. The zero-order chi connectivity index (χ0) is 25.7. The van der Waals surface area contributed by atoms with Crippen LogP contribution in [0.2, 0.25) is 0 Å². The molecule has 2 aromatic heterocycles. The lowest BCUT2D eigenvalue weighted by atomic mass is 10.1. The quantitative estimate of drug-likeness (QED) is 0.532. The van der Waals surface area contributed by atoms with Crippen LogP contribution in [-0.2, 0) is 4.79 Å². The van der Waals surface area contributed by atoms with Crippen LogP contribution in [0, 0.1) is 6.92 Å². The number of benzene rings is 1. The molecular weight excluding hydrogens is 464 g/mol. The van der Waals surface area contributed by atoms with Gasteiger partial charge in [0.05, 0.1) is 19.2 Å². The lowest BCUT2D eigenvalue weighted by Gasteiger charge is -2.37. The molecule has 1 N–H and O–H groups in total. The molecule has 0 spiro atoms. The van der Waals surface area contributed by atoms with Crippen molar-refractivity contribution >= 4 is 29.1 Å².